The first-order valence-corrected chi connectivity index (χ1v) is 9.74. The fourth-order valence-electron chi connectivity index (χ4n) is 3.77. The fourth-order valence-corrected chi connectivity index (χ4v) is 3.77. The smallest absolute Gasteiger partial charge is 0.0984 e. The highest BCUT2D eigenvalue weighted by molar-refractivity contribution is 5.78. The van der Waals surface area contributed by atoms with Gasteiger partial charge >= 0.3 is 0 Å². The molecule has 4 heterocycles. The van der Waals surface area contributed by atoms with Crippen molar-refractivity contribution in [3.8, 4) is 0 Å². The summed E-state index contributed by atoms with van der Waals surface area (Å²) in [6.07, 6.45) is 1.42. The van der Waals surface area contributed by atoms with Gasteiger partial charge in [0.2, 0.25) is 0 Å². The summed E-state index contributed by atoms with van der Waals surface area (Å²) in [5.74, 6) is 0. The van der Waals surface area contributed by atoms with Gasteiger partial charge in [0, 0.05) is 26.2 Å². The van der Waals surface area contributed by atoms with Gasteiger partial charge in [0.15, 0.2) is 0 Å². The normalized spacial score (nSPS) is 30.8. The molecule has 26 heavy (non-hydrogen) atoms. The molecule has 0 aromatic heterocycles. The van der Waals surface area contributed by atoms with Crippen molar-refractivity contribution in [3.05, 3.63) is 23.3 Å². The molecule has 0 saturated carbocycles. The molecule has 0 bridgehead atoms. The van der Waals surface area contributed by atoms with Gasteiger partial charge in [-0.3, -0.25) is 0 Å². The summed E-state index contributed by atoms with van der Waals surface area (Å²) in [6.45, 7) is 11.7. The van der Waals surface area contributed by atoms with Crippen LogP contribution >= 0.6 is 0 Å². The maximum absolute atomic E-state index is 5.55. The maximum Gasteiger partial charge on any atom is 0.0984 e. The van der Waals surface area contributed by atoms with E-state index in [-0.39, 0.29) is 0 Å². The van der Waals surface area contributed by atoms with Gasteiger partial charge in [-0.05, 0) is 25.0 Å². The molecule has 0 aliphatic carbocycles. The Morgan fingerprint density at radius 1 is 0.654 bits per heavy atom. The first kappa shape index (κ1) is 16.8. The number of anilines is 2. The van der Waals surface area contributed by atoms with Crippen molar-refractivity contribution in [1.29, 1.82) is 0 Å². The molecule has 5 rings (SSSR count). The molecule has 4 saturated heterocycles. The van der Waals surface area contributed by atoms with Crippen LogP contribution in [0.5, 0.6) is 0 Å². The minimum absolute atomic E-state index is 0.355. The second kappa shape index (κ2) is 6.68. The number of rotatable bonds is 10. The Morgan fingerprint density at radius 2 is 0.923 bits per heavy atom. The summed E-state index contributed by atoms with van der Waals surface area (Å²) in [5, 5.41) is 0. The molecule has 4 aliphatic rings. The van der Waals surface area contributed by atoms with Gasteiger partial charge in [-0.2, -0.15) is 0 Å². The quantitative estimate of drug-likeness (QED) is 0.590. The molecule has 4 aliphatic heterocycles. The van der Waals surface area contributed by atoms with E-state index in [9.17, 15) is 0 Å². The van der Waals surface area contributed by atoms with Gasteiger partial charge in [0.25, 0.3) is 0 Å². The molecule has 0 spiro atoms. The van der Waals surface area contributed by atoms with E-state index in [1.54, 1.807) is 0 Å². The van der Waals surface area contributed by atoms with Crippen LogP contribution in [-0.2, 0) is 18.9 Å². The molecule has 0 amide bonds. The topological polar surface area (TPSA) is 56.6 Å². The lowest BCUT2D eigenvalue weighted by Crippen LogP contribution is -2.37. The lowest BCUT2D eigenvalue weighted by atomic mass is 10.0. The SMILES string of the molecule is Cc1ccc(C)c(N(CC2CO2)CC2CO2)c1N(CC1CO1)CC1CO1. The number of hydrogen-bond donors (Lipinski definition) is 0. The standard InChI is InChI=1S/C20H28N2O4/c1-13-3-4-14(2)20(22(7-17-11-25-17)8-18-12-26-18)19(13)21(5-15-9-23-15)6-16-10-24-16/h3-4,15-18H,5-12H2,1-2H3. The van der Waals surface area contributed by atoms with Crippen LogP contribution in [0.2, 0.25) is 0 Å². The highest BCUT2D eigenvalue weighted by atomic mass is 16.6. The molecule has 4 atom stereocenters. The Labute approximate surface area is 154 Å². The van der Waals surface area contributed by atoms with E-state index in [0.29, 0.717) is 24.4 Å². The zero-order chi connectivity index (χ0) is 17.7. The molecule has 1 aromatic carbocycles. The van der Waals surface area contributed by atoms with Crippen molar-refractivity contribution in [2.75, 3.05) is 62.4 Å². The Hall–Kier alpha value is -1.34. The van der Waals surface area contributed by atoms with Crippen LogP contribution in [0.1, 0.15) is 11.1 Å². The summed E-state index contributed by atoms with van der Waals surface area (Å²) in [6, 6.07) is 4.48. The van der Waals surface area contributed by atoms with Gasteiger partial charge in [0.1, 0.15) is 0 Å². The van der Waals surface area contributed by atoms with Gasteiger partial charge in [-0.15, -0.1) is 0 Å². The van der Waals surface area contributed by atoms with E-state index in [2.05, 4.69) is 35.8 Å². The van der Waals surface area contributed by atoms with Gasteiger partial charge in [0.05, 0.1) is 62.2 Å². The minimum Gasteiger partial charge on any atom is -0.371 e. The molecule has 0 N–H and O–H groups in total. The van der Waals surface area contributed by atoms with Crippen molar-refractivity contribution < 1.29 is 18.9 Å². The minimum atomic E-state index is 0.355. The molecule has 4 fully saturated rings. The van der Waals surface area contributed by atoms with E-state index in [4.69, 9.17) is 18.9 Å². The third kappa shape index (κ3) is 3.98. The van der Waals surface area contributed by atoms with E-state index >= 15 is 0 Å². The molecule has 6 nitrogen and oxygen atoms in total. The Kier molecular flexibility index (Phi) is 4.32. The van der Waals surface area contributed by atoms with Crippen molar-refractivity contribution in [3.63, 3.8) is 0 Å². The zero-order valence-electron chi connectivity index (χ0n) is 15.6. The second-order valence-electron chi connectivity index (χ2n) is 8.03. The molecule has 142 valence electrons. The largest absolute Gasteiger partial charge is 0.371 e. The molecule has 1 aromatic rings. The van der Waals surface area contributed by atoms with Gasteiger partial charge in [-0.25, -0.2) is 0 Å². The van der Waals surface area contributed by atoms with Crippen molar-refractivity contribution in [2.24, 2.45) is 0 Å². The number of epoxide rings is 4. The van der Waals surface area contributed by atoms with Crippen molar-refractivity contribution in [2.45, 2.75) is 38.3 Å². The summed E-state index contributed by atoms with van der Waals surface area (Å²) in [7, 11) is 0. The number of hydrogen-bond acceptors (Lipinski definition) is 6. The van der Waals surface area contributed by atoms with E-state index in [1.165, 1.54) is 22.5 Å². The molecule has 0 radical (unpaired) electrons. The number of ether oxygens (including phenoxy) is 4. The van der Waals surface area contributed by atoms with Crippen LogP contribution in [0.15, 0.2) is 12.1 Å². The van der Waals surface area contributed by atoms with E-state index in [0.717, 1.165) is 52.6 Å². The Morgan fingerprint density at radius 3 is 1.15 bits per heavy atom. The first-order chi connectivity index (χ1) is 12.7. The third-order valence-electron chi connectivity index (χ3n) is 5.49. The summed E-state index contributed by atoms with van der Waals surface area (Å²) < 4.78 is 22.2. The highest BCUT2D eigenvalue weighted by Crippen LogP contribution is 2.39. The average molecular weight is 360 g/mol. The van der Waals surface area contributed by atoms with E-state index in [1.807, 2.05) is 0 Å². The zero-order valence-corrected chi connectivity index (χ0v) is 15.6. The predicted octanol–water partition coefficient (Wildman–Crippen LogP) is 1.51. The number of benzene rings is 1. The summed E-state index contributed by atoms with van der Waals surface area (Å²) in [5.41, 5.74) is 5.28. The Bertz CT molecular complexity index is 581. The lowest BCUT2D eigenvalue weighted by Gasteiger charge is -2.34. The second-order valence-corrected chi connectivity index (χ2v) is 8.03. The summed E-state index contributed by atoms with van der Waals surface area (Å²) in [4.78, 5) is 4.98. The fraction of sp³-hybridized carbons (Fsp3) is 0.700. The van der Waals surface area contributed by atoms with E-state index < -0.39 is 0 Å². The highest BCUT2D eigenvalue weighted by Gasteiger charge is 2.36. The van der Waals surface area contributed by atoms with Gasteiger partial charge in [-0.1, -0.05) is 12.1 Å². The van der Waals surface area contributed by atoms with Crippen molar-refractivity contribution >= 4 is 11.4 Å². The van der Waals surface area contributed by atoms with Crippen LogP contribution in [0, 0.1) is 13.8 Å². The van der Waals surface area contributed by atoms with Crippen LogP contribution in [0.25, 0.3) is 0 Å². The predicted molar refractivity (Wildman–Crippen MR) is 99.3 cm³/mol. The lowest BCUT2D eigenvalue weighted by molar-refractivity contribution is 0.386. The monoisotopic (exact) mass is 360 g/mol. The summed E-state index contributed by atoms with van der Waals surface area (Å²) >= 11 is 0. The molecule has 4 unspecified atom stereocenters. The molecular formula is C20H28N2O4. The van der Waals surface area contributed by atoms with Crippen molar-refractivity contribution in [1.82, 2.24) is 0 Å². The molecular weight excluding hydrogens is 332 g/mol. The maximum atomic E-state index is 5.55. The molecule has 6 heteroatoms. The van der Waals surface area contributed by atoms with Crippen LogP contribution < -0.4 is 9.80 Å². The number of aryl methyl sites for hydroxylation is 2. The van der Waals surface area contributed by atoms with Gasteiger partial charge < -0.3 is 28.7 Å². The third-order valence-corrected chi connectivity index (χ3v) is 5.49. The van der Waals surface area contributed by atoms with Crippen LogP contribution in [0.3, 0.4) is 0 Å². The van der Waals surface area contributed by atoms with Crippen LogP contribution in [0.4, 0.5) is 11.4 Å². The first-order valence-electron chi connectivity index (χ1n) is 9.74. The average Bonchev–Trinajstić information content (AvgIpc) is 3.44. The Balaban J connectivity index is 1.49. The number of nitrogens with zero attached hydrogens (tertiary/aromatic N) is 2. The van der Waals surface area contributed by atoms with Crippen LogP contribution in [-0.4, -0.2) is 77.0 Å².